The lowest BCUT2D eigenvalue weighted by Crippen LogP contribution is -2.32. The number of amides is 1. The third kappa shape index (κ3) is 3.63. The van der Waals surface area contributed by atoms with E-state index >= 15 is 0 Å². The van der Waals surface area contributed by atoms with Crippen LogP contribution in [0.1, 0.15) is 45.9 Å². The fraction of sp³-hybridized carbons (Fsp3) is 0.214. The second kappa shape index (κ2) is 8.00. The highest BCUT2D eigenvalue weighted by molar-refractivity contribution is 6.07. The predicted octanol–water partition coefficient (Wildman–Crippen LogP) is 5.57. The molecule has 2 aliphatic rings. The molecule has 164 valence electrons. The average molecular weight is 438 g/mol. The number of fused-ring (bicyclic) bond motifs is 1. The van der Waals surface area contributed by atoms with Gasteiger partial charge in [0.15, 0.2) is 0 Å². The van der Waals surface area contributed by atoms with Crippen molar-refractivity contribution < 1.29 is 9.18 Å². The summed E-state index contributed by atoms with van der Waals surface area (Å²) in [4.78, 5) is 17.3. The monoisotopic (exact) mass is 437 g/mol. The average Bonchev–Trinajstić information content (AvgIpc) is 3.64. The van der Waals surface area contributed by atoms with E-state index in [-0.39, 0.29) is 11.7 Å². The van der Waals surface area contributed by atoms with Gasteiger partial charge in [0, 0.05) is 48.7 Å². The number of hydrogen-bond donors (Lipinski definition) is 1. The van der Waals surface area contributed by atoms with Gasteiger partial charge in [-0.2, -0.15) is 0 Å². The van der Waals surface area contributed by atoms with Gasteiger partial charge in [-0.25, -0.2) is 4.39 Å². The fourth-order valence-electron chi connectivity index (χ4n) is 4.93. The Balaban J connectivity index is 1.56. The maximum Gasteiger partial charge on any atom is 0.253 e. The predicted molar refractivity (Wildman–Crippen MR) is 127 cm³/mol. The van der Waals surface area contributed by atoms with Gasteiger partial charge in [0.25, 0.3) is 5.91 Å². The van der Waals surface area contributed by atoms with Crippen LogP contribution in [0.3, 0.4) is 0 Å². The maximum absolute atomic E-state index is 13.7. The van der Waals surface area contributed by atoms with E-state index in [0.717, 1.165) is 40.4 Å². The van der Waals surface area contributed by atoms with Gasteiger partial charge < -0.3 is 9.88 Å². The number of pyridine rings is 1. The van der Waals surface area contributed by atoms with Crippen LogP contribution in [0.5, 0.6) is 0 Å². The van der Waals surface area contributed by atoms with Crippen molar-refractivity contribution in [3.05, 3.63) is 101 Å². The molecule has 0 unspecified atom stereocenters. The summed E-state index contributed by atoms with van der Waals surface area (Å²) in [5, 5.41) is 3.00. The first kappa shape index (κ1) is 19.9. The van der Waals surface area contributed by atoms with Crippen LogP contribution >= 0.6 is 0 Å². The molecule has 1 aliphatic carbocycles. The van der Waals surface area contributed by atoms with E-state index in [0.29, 0.717) is 18.7 Å². The van der Waals surface area contributed by atoms with Gasteiger partial charge in [0.05, 0.1) is 11.3 Å². The minimum absolute atomic E-state index is 0.0753. The fourth-order valence-corrected chi connectivity index (χ4v) is 4.93. The molecule has 3 heterocycles. The van der Waals surface area contributed by atoms with Gasteiger partial charge in [-0.3, -0.25) is 9.78 Å². The van der Waals surface area contributed by atoms with E-state index in [1.54, 1.807) is 24.5 Å². The summed E-state index contributed by atoms with van der Waals surface area (Å²) in [7, 11) is 0. The molecule has 33 heavy (non-hydrogen) atoms. The Morgan fingerprint density at radius 3 is 2.33 bits per heavy atom. The summed E-state index contributed by atoms with van der Waals surface area (Å²) in [6.45, 7) is 1.27. The van der Waals surface area contributed by atoms with E-state index in [2.05, 4.69) is 39.1 Å². The van der Waals surface area contributed by atoms with Crippen LogP contribution in [0.25, 0.3) is 22.4 Å². The van der Waals surface area contributed by atoms with E-state index in [4.69, 9.17) is 0 Å². The minimum atomic E-state index is -0.294. The lowest BCUT2D eigenvalue weighted by Gasteiger charge is -2.18. The SMILES string of the molecule is O=C1NCCc2c1c(-c1ccc(F)cc1)c(-c1ccncc1)n2Cc1ccc(C2CC2)cc1. The summed E-state index contributed by atoms with van der Waals surface area (Å²) in [6.07, 6.45) is 6.86. The molecule has 0 saturated heterocycles. The second-order valence-corrected chi connectivity index (χ2v) is 8.90. The van der Waals surface area contributed by atoms with E-state index < -0.39 is 0 Å². The zero-order chi connectivity index (χ0) is 22.4. The van der Waals surface area contributed by atoms with Crippen molar-refractivity contribution in [3.8, 4) is 22.4 Å². The Hall–Kier alpha value is -3.73. The van der Waals surface area contributed by atoms with E-state index in [1.165, 1.54) is 36.1 Å². The summed E-state index contributed by atoms with van der Waals surface area (Å²) in [5.41, 5.74) is 7.96. The molecule has 4 nitrogen and oxygen atoms in total. The molecule has 2 aromatic heterocycles. The molecule has 1 amide bonds. The quantitative estimate of drug-likeness (QED) is 0.444. The summed E-state index contributed by atoms with van der Waals surface area (Å²) >= 11 is 0. The molecule has 6 rings (SSSR count). The Kier molecular flexibility index (Phi) is 4.83. The van der Waals surface area contributed by atoms with E-state index in [1.807, 2.05) is 12.1 Å². The first-order chi connectivity index (χ1) is 16.2. The molecule has 0 atom stereocenters. The van der Waals surface area contributed by atoms with Crippen LogP contribution in [0.4, 0.5) is 4.39 Å². The lowest BCUT2D eigenvalue weighted by molar-refractivity contribution is 0.0946. The van der Waals surface area contributed by atoms with Gasteiger partial charge in [-0.1, -0.05) is 36.4 Å². The third-order valence-electron chi connectivity index (χ3n) is 6.70. The zero-order valence-corrected chi connectivity index (χ0v) is 18.2. The largest absolute Gasteiger partial charge is 0.352 e. The first-order valence-electron chi connectivity index (χ1n) is 11.5. The topological polar surface area (TPSA) is 46.9 Å². The number of aromatic nitrogens is 2. The van der Waals surface area contributed by atoms with Crippen LogP contribution in [0.2, 0.25) is 0 Å². The second-order valence-electron chi connectivity index (χ2n) is 8.90. The minimum Gasteiger partial charge on any atom is -0.352 e. The molecule has 0 bridgehead atoms. The van der Waals surface area contributed by atoms with Crippen LogP contribution in [0, 0.1) is 5.82 Å². The maximum atomic E-state index is 13.7. The van der Waals surface area contributed by atoms with Crippen LogP contribution in [-0.4, -0.2) is 22.0 Å². The smallest absolute Gasteiger partial charge is 0.253 e. The van der Waals surface area contributed by atoms with Crippen molar-refractivity contribution in [1.29, 1.82) is 0 Å². The van der Waals surface area contributed by atoms with Gasteiger partial charge in [-0.15, -0.1) is 0 Å². The van der Waals surface area contributed by atoms with Gasteiger partial charge in [0.1, 0.15) is 5.82 Å². The van der Waals surface area contributed by atoms with Crippen LogP contribution in [-0.2, 0) is 13.0 Å². The van der Waals surface area contributed by atoms with Crippen molar-refractivity contribution in [1.82, 2.24) is 14.9 Å². The van der Waals surface area contributed by atoms with Gasteiger partial charge in [-0.05, 0) is 59.7 Å². The molecule has 1 aliphatic heterocycles. The van der Waals surface area contributed by atoms with Crippen molar-refractivity contribution in [2.75, 3.05) is 6.54 Å². The Morgan fingerprint density at radius 1 is 0.909 bits per heavy atom. The van der Waals surface area contributed by atoms with Crippen LogP contribution < -0.4 is 5.32 Å². The van der Waals surface area contributed by atoms with E-state index in [9.17, 15) is 9.18 Å². The molecule has 2 aromatic carbocycles. The molecule has 5 heteroatoms. The number of hydrogen-bond acceptors (Lipinski definition) is 2. The summed E-state index contributed by atoms with van der Waals surface area (Å²) in [5.74, 6) is 0.353. The van der Waals surface area contributed by atoms with Crippen molar-refractivity contribution in [2.45, 2.75) is 31.7 Å². The number of nitrogens with one attached hydrogen (secondary N) is 1. The van der Waals surface area contributed by atoms with Crippen molar-refractivity contribution >= 4 is 5.91 Å². The molecule has 4 aromatic rings. The number of rotatable bonds is 5. The summed E-state index contributed by atoms with van der Waals surface area (Å²) in [6, 6.07) is 19.2. The highest BCUT2D eigenvalue weighted by Gasteiger charge is 2.31. The lowest BCUT2D eigenvalue weighted by atomic mass is 9.95. The molecule has 0 radical (unpaired) electrons. The number of benzene rings is 2. The third-order valence-corrected chi connectivity index (χ3v) is 6.70. The normalized spacial score (nSPS) is 15.2. The molecule has 1 N–H and O–H groups in total. The molecule has 0 spiro atoms. The Bertz CT molecular complexity index is 1320. The van der Waals surface area contributed by atoms with Gasteiger partial charge in [0.2, 0.25) is 0 Å². The first-order valence-corrected chi connectivity index (χ1v) is 11.5. The zero-order valence-electron chi connectivity index (χ0n) is 18.2. The Labute approximate surface area is 192 Å². The van der Waals surface area contributed by atoms with Crippen molar-refractivity contribution in [2.24, 2.45) is 0 Å². The highest BCUT2D eigenvalue weighted by atomic mass is 19.1. The van der Waals surface area contributed by atoms with Crippen molar-refractivity contribution in [3.63, 3.8) is 0 Å². The standard InChI is InChI=1S/C28H24FN3O/c29-23-9-7-21(8-10-23)25-26-24(13-16-31-28(26)33)32(27(25)22-11-14-30-15-12-22)17-18-1-3-19(4-2-18)20-5-6-20/h1-4,7-12,14-15,20H,5-6,13,16-17H2,(H,31,33). The van der Waals surface area contributed by atoms with Crippen LogP contribution in [0.15, 0.2) is 73.1 Å². The number of carbonyl (C=O) groups excluding carboxylic acids is 1. The Morgan fingerprint density at radius 2 is 1.64 bits per heavy atom. The number of halogens is 1. The molecular weight excluding hydrogens is 413 g/mol. The summed E-state index contributed by atoms with van der Waals surface area (Å²) < 4.78 is 16.0. The molecule has 1 fully saturated rings. The van der Waals surface area contributed by atoms with Gasteiger partial charge >= 0.3 is 0 Å². The number of carbonyl (C=O) groups is 1. The highest BCUT2D eigenvalue weighted by Crippen LogP contribution is 2.42. The number of nitrogens with zero attached hydrogens (tertiary/aromatic N) is 2. The molecular formula is C28H24FN3O. The molecule has 1 saturated carbocycles.